The Balaban J connectivity index is 1.97. The van der Waals surface area contributed by atoms with E-state index < -0.39 is 0 Å². The van der Waals surface area contributed by atoms with Crippen LogP contribution in [0.5, 0.6) is 0 Å². The van der Waals surface area contributed by atoms with E-state index in [4.69, 9.17) is 9.47 Å². The molecule has 0 saturated carbocycles. The van der Waals surface area contributed by atoms with E-state index in [1.54, 1.807) is 0 Å². The summed E-state index contributed by atoms with van der Waals surface area (Å²) in [5.74, 6) is 2.23. The molecule has 0 aromatic carbocycles. The van der Waals surface area contributed by atoms with E-state index in [9.17, 15) is 0 Å². The van der Waals surface area contributed by atoms with Crippen LogP contribution in [0.25, 0.3) is 0 Å². The standard InChI is InChI=1S/C13H23NO2S/c1-2-5-14-13(11-4-3-6-15-9-11)12-10-17-8-7-16-12/h9,12-14H,2-8,10H2,1H3. The first-order chi connectivity index (χ1) is 8.42. The molecular formula is C13H23NO2S. The van der Waals surface area contributed by atoms with Crippen LogP contribution in [0.1, 0.15) is 26.2 Å². The van der Waals surface area contributed by atoms with Gasteiger partial charge in [-0.3, -0.25) is 0 Å². The first-order valence-corrected chi connectivity index (χ1v) is 7.80. The molecule has 3 nitrogen and oxygen atoms in total. The minimum atomic E-state index is 0.313. The predicted molar refractivity (Wildman–Crippen MR) is 72.4 cm³/mol. The molecule has 98 valence electrons. The van der Waals surface area contributed by atoms with E-state index in [1.165, 1.54) is 5.57 Å². The van der Waals surface area contributed by atoms with E-state index in [0.29, 0.717) is 12.1 Å². The molecule has 2 aliphatic heterocycles. The number of rotatable bonds is 5. The molecule has 1 fully saturated rings. The highest BCUT2D eigenvalue weighted by Gasteiger charge is 2.28. The molecule has 0 spiro atoms. The van der Waals surface area contributed by atoms with Crippen molar-refractivity contribution in [2.45, 2.75) is 38.3 Å². The van der Waals surface area contributed by atoms with Crippen LogP contribution in [0.3, 0.4) is 0 Å². The summed E-state index contributed by atoms with van der Waals surface area (Å²) in [7, 11) is 0. The Hall–Kier alpha value is -0.190. The van der Waals surface area contributed by atoms with Crippen LogP contribution in [0.4, 0.5) is 0 Å². The van der Waals surface area contributed by atoms with Crippen molar-refractivity contribution in [3.8, 4) is 0 Å². The summed E-state index contributed by atoms with van der Waals surface area (Å²) in [5, 5.41) is 3.62. The highest BCUT2D eigenvalue weighted by Crippen LogP contribution is 2.24. The largest absolute Gasteiger partial charge is 0.501 e. The summed E-state index contributed by atoms with van der Waals surface area (Å²) in [6.45, 7) is 5.00. The molecule has 4 heteroatoms. The molecular weight excluding hydrogens is 234 g/mol. The molecule has 2 atom stereocenters. The topological polar surface area (TPSA) is 30.5 Å². The van der Waals surface area contributed by atoms with E-state index in [1.807, 2.05) is 18.0 Å². The molecule has 1 N–H and O–H groups in total. The zero-order chi connectivity index (χ0) is 11.9. The molecule has 0 amide bonds. The highest BCUT2D eigenvalue weighted by molar-refractivity contribution is 7.99. The first kappa shape index (κ1) is 13.2. The van der Waals surface area contributed by atoms with Gasteiger partial charge in [0.05, 0.1) is 31.6 Å². The average Bonchev–Trinajstić information content (AvgIpc) is 2.42. The van der Waals surface area contributed by atoms with Crippen LogP contribution < -0.4 is 5.32 Å². The zero-order valence-corrected chi connectivity index (χ0v) is 11.4. The summed E-state index contributed by atoms with van der Waals surface area (Å²) in [6, 6.07) is 0.350. The molecule has 1 saturated heterocycles. The lowest BCUT2D eigenvalue weighted by atomic mass is 9.97. The third-order valence-corrected chi connectivity index (χ3v) is 4.21. The van der Waals surface area contributed by atoms with Crippen molar-refractivity contribution in [2.75, 3.05) is 31.3 Å². The average molecular weight is 257 g/mol. The monoisotopic (exact) mass is 257 g/mol. The number of hydrogen-bond acceptors (Lipinski definition) is 4. The maximum absolute atomic E-state index is 5.91. The van der Waals surface area contributed by atoms with Crippen LogP contribution in [0.15, 0.2) is 11.8 Å². The Morgan fingerprint density at radius 2 is 2.47 bits per heavy atom. The van der Waals surface area contributed by atoms with Gasteiger partial charge in [-0.15, -0.1) is 0 Å². The first-order valence-electron chi connectivity index (χ1n) is 6.65. The molecule has 0 aliphatic carbocycles. The fourth-order valence-electron chi connectivity index (χ4n) is 2.31. The molecule has 0 aromatic heterocycles. The Kier molecular flexibility index (Phi) is 5.68. The fraction of sp³-hybridized carbons (Fsp3) is 0.846. The number of hydrogen-bond donors (Lipinski definition) is 1. The van der Waals surface area contributed by atoms with Gasteiger partial charge >= 0.3 is 0 Å². The van der Waals surface area contributed by atoms with Gasteiger partial charge in [0.15, 0.2) is 0 Å². The quantitative estimate of drug-likeness (QED) is 0.818. The van der Waals surface area contributed by atoms with Gasteiger partial charge in [0.2, 0.25) is 0 Å². The summed E-state index contributed by atoms with van der Waals surface area (Å²) in [5.41, 5.74) is 1.39. The smallest absolute Gasteiger partial charge is 0.0876 e. The minimum absolute atomic E-state index is 0.313. The number of thioether (sulfide) groups is 1. The molecule has 2 heterocycles. The van der Waals surface area contributed by atoms with Gasteiger partial charge < -0.3 is 14.8 Å². The van der Waals surface area contributed by atoms with E-state index in [-0.39, 0.29) is 0 Å². The summed E-state index contributed by atoms with van der Waals surface area (Å²) in [6.07, 6.45) is 5.71. The Morgan fingerprint density at radius 3 is 3.12 bits per heavy atom. The summed E-state index contributed by atoms with van der Waals surface area (Å²) < 4.78 is 11.4. The Bertz CT molecular complexity index is 252. The van der Waals surface area contributed by atoms with E-state index in [2.05, 4.69) is 12.2 Å². The highest BCUT2D eigenvalue weighted by atomic mass is 32.2. The van der Waals surface area contributed by atoms with Crippen molar-refractivity contribution in [3.05, 3.63) is 11.8 Å². The predicted octanol–water partition coefficient (Wildman–Crippen LogP) is 2.18. The second-order valence-electron chi connectivity index (χ2n) is 4.58. The molecule has 17 heavy (non-hydrogen) atoms. The van der Waals surface area contributed by atoms with Crippen LogP contribution in [0.2, 0.25) is 0 Å². The molecule has 0 bridgehead atoms. The Morgan fingerprint density at radius 1 is 1.53 bits per heavy atom. The van der Waals surface area contributed by atoms with Crippen molar-refractivity contribution in [3.63, 3.8) is 0 Å². The van der Waals surface area contributed by atoms with Crippen molar-refractivity contribution in [1.29, 1.82) is 0 Å². The zero-order valence-electron chi connectivity index (χ0n) is 10.6. The van der Waals surface area contributed by atoms with Gasteiger partial charge in [0, 0.05) is 11.5 Å². The normalized spacial score (nSPS) is 27.1. The van der Waals surface area contributed by atoms with E-state index in [0.717, 1.165) is 50.5 Å². The third-order valence-electron chi connectivity index (χ3n) is 3.19. The van der Waals surface area contributed by atoms with Gasteiger partial charge in [-0.25, -0.2) is 0 Å². The van der Waals surface area contributed by atoms with Crippen molar-refractivity contribution in [1.82, 2.24) is 5.32 Å². The van der Waals surface area contributed by atoms with Crippen LogP contribution in [0, 0.1) is 0 Å². The van der Waals surface area contributed by atoms with Gasteiger partial charge in [-0.05, 0) is 31.4 Å². The number of ether oxygens (including phenoxy) is 2. The van der Waals surface area contributed by atoms with Crippen LogP contribution in [-0.2, 0) is 9.47 Å². The van der Waals surface area contributed by atoms with Gasteiger partial charge in [0.25, 0.3) is 0 Å². The molecule has 2 rings (SSSR count). The van der Waals surface area contributed by atoms with Crippen molar-refractivity contribution < 1.29 is 9.47 Å². The van der Waals surface area contributed by atoms with Crippen LogP contribution >= 0.6 is 11.8 Å². The van der Waals surface area contributed by atoms with Gasteiger partial charge in [-0.1, -0.05) is 6.92 Å². The maximum atomic E-state index is 5.91. The second kappa shape index (κ2) is 7.29. The summed E-state index contributed by atoms with van der Waals surface area (Å²) in [4.78, 5) is 0. The lowest BCUT2D eigenvalue weighted by molar-refractivity contribution is 0.0526. The molecule has 0 radical (unpaired) electrons. The van der Waals surface area contributed by atoms with Crippen molar-refractivity contribution >= 4 is 11.8 Å². The fourth-order valence-corrected chi connectivity index (χ4v) is 3.21. The van der Waals surface area contributed by atoms with Crippen LogP contribution in [-0.4, -0.2) is 43.4 Å². The minimum Gasteiger partial charge on any atom is -0.501 e. The van der Waals surface area contributed by atoms with Gasteiger partial charge in [-0.2, -0.15) is 11.8 Å². The molecule has 0 aromatic rings. The van der Waals surface area contributed by atoms with E-state index >= 15 is 0 Å². The van der Waals surface area contributed by atoms with Crippen molar-refractivity contribution in [2.24, 2.45) is 0 Å². The molecule has 2 unspecified atom stereocenters. The van der Waals surface area contributed by atoms with Gasteiger partial charge in [0.1, 0.15) is 0 Å². The molecule has 2 aliphatic rings. The SMILES string of the molecule is CCCNC(C1=COCCC1)C1CSCCO1. The lowest BCUT2D eigenvalue weighted by Gasteiger charge is -2.33. The second-order valence-corrected chi connectivity index (χ2v) is 5.73. The maximum Gasteiger partial charge on any atom is 0.0876 e. The number of nitrogens with one attached hydrogen (secondary N) is 1. The third kappa shape index (κ3) is 3.90. The lowest BCUT2D eigenvalue weighted by Crippen LogP contribution is -2.46. The Labute approximate surface area is 108 Å². The summed E-state index contributed by atoms with van der Waals surface area (Å²) >= 11 is 2.00.